The van der Waals surface area contributed by atoms with Gasteiger partial charge in [0.25, 0.3) is 0 Å². The van der Waals surface area contributed by atoms with Crippen molar-refractivity contribution in [2.75, 3.05) is 11.9 Å². The van der Waals surface area contributed by atoms with Gasteiger partial charge in [0.2, 0.25) is 0 Å². The lowest BCUT2D eigenvalue weighted by Crippen LogP contribution is -2.22. The molecule has 114 valence electrons. The van der Waals surface area contributed by atoms with E-state index in [2.05, 4.69) is 10.3 Å². The second kappa shape index (κ2) is 5.81. The van der Waals surface area contributed by atoms with Gasteiger partial charge >= 0.3 is 5.97 Å². The zero-order valence-corrected chi connectivity index (χ0v) is 12.1. The summed E-state index contributed by atoms with van der Waals surface area (Å²) in [4.78, 5) is 15.0. The van der Waals surface area contributed by atoms with Crippen LogP contribution in [-0.4, -0.2) is 22.7 Å². The second-order valence-electron chi connectivity index (χ2n) is 4.85. The number of benzene rings is 1. The molecule has 1 atom stereocenters. The molecule has 0 radical (unpaired) electrons. The van der Waals surface area contributed by atoms with E-state index in [9.17, 15) is 14.3 Å². The highest BCUT2D eigenvalue weighted by molar-refractivity contribution is 6.29. The van der Waals surface area contributed by atoms with Crippen LogP contribution in [0.15, 0.2) is 30.5 Å². The number of anilines is 1. The van der Waals surface area contributed by atoms with E-state index in [0.717, 1.165) is 0 Å². The molecule has 1 aromatic heterocycles. The molecule has 1 aliphatic heterocycles. The van der Waals surface area contributed by atoms with E-state index in [0.29, 0.717) is 24.3 Å². The van der Waals surface area contributed by atoms with Crippen LogP contribution in [0.25, 0.3) is 0 Å². The van der Waals surface area contributed by atoms with Crippen LogP contribution < -0.4 is 10.1 Å². The van der Waals surface area contributed by atoms with Crippen molar-refractivity contribution in [3.8, 4) is 5.75 Å². The summed E-state index contributed by atoms with van der Waals surface area (Å²) in [6.45, 7) is 0.340. The Kier molecular flexibility index (Phi) is 3.85. The van der Waals surface area contributed by atoms with Crippen molar-refractivity contribution in [3.05, 3.63) is 52.6 Å². The molecule has 22 heavy (non-hydrogen) atoms. The monoisotopic (exact) mass is 322 g/mol. The Morgan fingerprint density at radius 2 is 2.32 bits per heavy atom. The number of carbonyl (C=O) groups is 1. The van der Waals surface area contributed by atoms with Crippen molar-refractivity contribution in [1.82, 2.24) is 4.98 Å². The number of hydrogen-bond acceptors (Lipinski definition) is 4. The van der Waals surface area contributed by atoms with Crippen LogP contribution in [-0.2, 0) is 0 Å². The number of aromatic nitrogens is 1. The molecule has 0 aliphatic carbocycles. The van der Waals surface area contributed by atoms with E-state index in [4.69, 9.17) is 16.3 Å². The SMILES string of the molecule is O=C(O)c1cnc(Cl)cc1NC1CCOc2c(F)cccc21. The van der Waals surface area contributed by atoms with Crippen LogP contribution in [0.2, 0.25) is 5.15 Å². The van der Waals surface area contributed by atoms with Gasteiger partial charge in [-0.15, -0.1) is 0 Å². The van der Waals surface area contributed by atoms with Gasteiger partial charge in [-0.3, -0.25) is 0 Å². The minimum absolute atomic E-state index is 0.00819. The number of aromatic carboxylic acids is 1. The van der Waals surface area contributed by atoms with Gasteiger partial charge in [0.15, 0.2) is 11.6 Å². The predicted octanol–water partition coefficient (Wildman–Crippen LogP) is 3.51. The van der Waals surface area contributed by atoms with Crippen molar-refractivity contribution >= 4 is 23.3 Å². The molecule has 1 unspecified atom stereocenters. The third kappa shape index (κ3) is 2.69. The molecule has 0 spiro atoms. The number of pyridine rings is 1. The van der Waals surface area contributed by atoms with E-state index in [-0.39, 0.29) is 22.5 Å². The fraction of sp³-hybridized carbons (Fsp3) is 0.200. The zero-order valence-electron chi connectivity index (χ0n) is 11.3. The highest BCUT2D eigenvalue weighted by atomic mass is 35.5. The topological polar surface area (TPSA) is 71.5 Å². The van der Waals surface area contributed by atoms with Crippen molar-refractivity contribution < 1.29 is 19.0 Å². The van der Waals surface area contributed by atoms with Gasteiger partial charge < -0.3 is 15.2 Å². The first kappa shape index (κ1) is 14.6. The Bertz CT molecular complexity index is 739. The summed E-state index contributed by atoms with van der Waals surface area (Å²) in [5, 5.41) is 12.5. The first-order valence-electron chi connectivity index (χ1n) is 6.63. The van der Waals surface area contributed by atoms with Gasteiger partial charge in [-0.2, -0.15) is 0 Å². The molecule has 0 saturated heterocycles. The summed E-state index contributed by atoms with van der Waals surface area (Å²) in [6, 6.07) is 5.84. The summed E-state index contributed by atoms with van der Waals surface area (Å²) in [5.41, 5.74) is 0.999. The number of hydrogen-bond donors (Lipinski definition) is 2. The first-order valence-corrected chi connectivity index (χ1v) is 7.00. The minimum atomic E-state index is -1.11. The molecule has 1 aromatic carbocycles. The third-order valence-electron chi connectivity index (χ3n) is 3.46. The Morgan fingerprint density at radius 3 is 3.09 bits per heavy atom. The number of nitrogens with one attached hydrogen (secondary N) is 1. The van der Waals surface area contributed by atoms with Crippen LogP contribution in [0, 0.1) is 5.82 Å². The van der Waals surface area contributed by atoms with Gasteiger partial charge in [0.05, 0.1) is 18.3 Å². The molecule has 7 heteroatoms. The van der Waals surface area contributed by atoms with Crippen LogP contribution in [0.5, 0.6) is 5.75 Å². The third-order valence-corrected chi connectivity index (χ3v) is 3.66. The maximum Gasteiger partial charge on any atom is 0.339 e. The molecule has 0 fully saturated rings. The number of nitrogens with zero attached hydrogens (tertiary/aromatic N) is 1. The summed E-state index contributed by atoms with van der Waals surface area (Å²) in [7, 11) is 0. The number of fused-ring (bicyclic) bond motifs is 1. The summed E-state index contributed by atoms with van der Waals surface area (Å²) in [5.74, 6) is -1.35. The summed E-state index contributed by atoms with van der Waals surface area (Å²) in [6.07, 6.45) is 1.77. The molecule has 0 amide bonds. The summed E-state index contributed by atoms with van der Waals surface area (Å²) < 4.78 is 19.1. The van der Waals surface area contributed by atoms with Gasteiger partial charge in [-0.1, -0.05) is 23.7 Å². The Morgan fingerprint density at radius 1 is 1.50 bits per heavy atom. The molecule has 2 heterocycles. The number of ether oxygens (including phenoxy) is 1. The molecule has 0 saturated carbocycles. The number of para-hydroxylation sites is 1. The van der Waals surface area contributed by atoms with E-state index in [1.54, 1.807) is 12.1 Å². The molecule has 2 aromatic rings. The fourth-order valence-electron chi connectivity index (χ4n) is 2.44. The average Bonchev–Trinajstić information content (AvgIpc) is 2.48. The van der Waals surface area contributed by atoms with Gasteiger partial charge in [-0.25, -0.2) is 14.2 Å². The number of carboxylic acid groups (broad SMARTS) is 1. The maximum absolute atomic E-state index is 13.8. The van der Waals surface area contributed by atoms with Gasteiger partial charge in [-0.05, 0) is 12.1 Å². The van der Waals surface area contributed by atoms with Gasteiger partial charge in [0, 0.05) is 18.2 Å². The highest BCUT2D eigenvalue weighted by Gasteiger charge is 2.25. The standard InChI is InChI=1S/C15H12ClFN2O3/c16-13-6-12(9(7-18-13)15(20)21)19-11-4-5-22-14-8(11)2-1-3-10(14)17/h1-3,6-7,11H,4-5H2,(H,18,19)(H,20,21). The van der Waals surface area contributed by atoms with Crippen LogP contribution in [0.4, 0.5) is 10.1 Å². The van der Waals surface area contributed by atoms with Crippen molar-refractivity contribution in [2.45, 2.75) is 12.5 Å². The van der Waals surface area contributed by atoms with Crippen LogP contribution in [0.3, 0.4) is 0 Å². The van der Waals surface area contributed by atoms with Crippen molar-refractivity contribution in [3.63, 3.8) is 0 Å². The molecular weight excluding hydrogens is 311 g/mol. The summed E-state index contributed by atoms with van der Waals surface area (Å²) >= 11 is 5.84. The second-order valence-corrected chi connectivity index (χ2v) is 5.24. The van der Waals surface area contributed by atoms with E-state index in [1.807, 2.05) is 0 Å². The molecular formula is C15H12ClFN2O3. The van der Waals surface area contributed by atoms with Crippen molar-refractivity contribution in [2.24, 2.45) is 0 Å². The maximum atomic E-state index is 13.8. The normalized spacial score (nSPS) is 16.5. The first-order chi connectivity index (χ1) is 10.6. The lowest BCUT2D eigenvalue weighted by molar-refractivity contribution is 0.0697. The van der Waals surface area contributed by atoms with E-state index in [1.165, 1.54) is 18.3 Å². The van der Waals surface area contributed by atoms with E-state index >= 15 is 0 Å². The Hall–Kier alpha value is -2.34. The Balaban J connectivity index is 1.97. The highest BCUT2D eigenvalue weighted by Crippen LogP contribution is 2.36. The quantitative estimate of drug-likeness (QED) is 0.846. The van der Waals surface area contributed by atoms with Crippen LogP contribution >= 0.6 is 11.6 Å². The molecule has 0 bridgehead atoms. The van der Waals surface area contributed by atoms with Gasteiger partial charge in [0.1, 0.15) is 10.7 Å². The lowest BCUT2D eigenvalue weighted by atomic mass is 9.99. The number of carboxylic acids is 1. The molecule has 1 aliphatic rings. The van der Waals surface area contributed by atoms with E-state index < -0.39 is 11.8 Å². The lowest BCUT2D eigenvalue weighted by Gasteiger charge is -2.28. The average molecular weight is 323 g/mol. The molecule has 3 rings (SSSR count). The Labute approximate surface area is 130 Å². The van der Waals surface area contributed by atoms with Crippen molar-refractivity contribution in [1.29, 1.82) is 0 Å². The molecule has 2 N–H and O–H groups in total. The smallest absolute Gasteiger partial charge is 0.339 e. The van der Waals surface area contributed by atoms with Crippen LogP contribution in [0.1, 0.15) is 28.4 Å². The largest absolute Gasteiger partial charge is 0.490 e. The number of halogens is 2. The number of rotatable bonds is 3. The predicted molar refractivity (Wildman–Crippen MR) is 79.1 cm³/mol. The minimum Gasteiger partial charge on any atom is -0.490 e. The zero-order chi connectivity index (χ0) is 15.7. The fourth-order valence-corrected chi connectivity index (χ4v) is 2.60. The molecule has 5 nitrogen and oxygen atoms in total.